The maximum absolute atomic E-state index is 13.8. The summed E-state index contributed by atoms with van der Waals surface area (Å²) in [5.74, 6) is -0.729. The molecule has 0 saturated carbocycles. The van der Waals surface area contributed by atoms with Gasteiger partial charge in [0.1, 0.15) is 10.7 Å². The lowest BCUT2D eigenvalue weighted by atomic mass is 9.96. The van der Waals surface area contributed by atoms with Gasteiger partial charge in [-0.15, -0.1) is 0 Å². The number of hydrogen-bond acceptors (Lipinski definition) is 4. The topological polar surface area (TPSA) is 63.2 Å². The Morgan fingerprint density at radius 2 is 2.05 bits per heavy atom. The van der Waals surface area contributed by atoms with E-state index in [4.69, 9.17) is 0 Å². The molecule has 7 heteroatoms. The van der Waals surface area contributed by atoms with Gasteiger partial charge < -0.3 is 0 Å². The predicted octanol–water partition coefficient (Wildman–Crippen LogP) is 2.18. The summed E-state index contributed by atoms with van der Waals surface area (Å²) in [6, 6.07) is 5.47. The van der Waals surface area contributed by atoms with Gasteiger partial charge in [0.2, 0.25) is 10.0 Å². The van der Waals surface area contributed by atoms with Gasteiger partial charge in [-0.05, 0) is 25.0 Å². The molecule has 1 aromatic heterocycles. The highest BCUT2D eigenvalue weighted by Gasteiger charge is 2.32. The van der Waals surface area contributed by atoms with Gasteiger partial charge >= 0.3 is 0 Å². The smallest absolute Gasteiger partial charge is 0.246 e. The first-order valence-electron chi connectivity index (χ1n) is 7.09. The van der Waals surface area contributed by atoms with E-state index < -0.39 is 15.8 Å². The van der Waals surface area contributed by atoms with Crippen LogP contribution in [-0.2, 0) is 10.0 Å². The van der Waals surface area contributed by atoms with Crippen LogP contribution in [0.25, 0.3) is 0 Å². The molecule has 0 bridgehead atoms. The minimum Gasteiger partial charge on any atom is -0.261 e. The van der Waals surface area contributed by atoms with Crippen molar-refractivity contribution < 1.29 is 12.8 Å². The summed E-state index contributed by atoms with van der Waals surface area (Å²) in [4.78, 5) is 8.01. The van der Waals surface area contributed by atoms with Crippen LogP contribution in [-0.4, -0.2) is 35.8 Å². The van der Waals surface area contributed by atoms with E-state index in [2.05, 4.69) is 9.97 Å². The number of sulfonamides is 1. The number of piperidine rings is 1. The third-order valence-electron chi connectivity index (χ3n) is 3.84. The van der Waals surface area contributed by atoms with Crippen molar-refractivity contribution in [2.24, 2.45) is 0 Å². The standard InChI is InChI=1S/C15H16FN3O2S/c16-13-5-1-2-6-15(13)22(20,21)19-9-3-4-12(11-19)14-10-17-7-8-18-14/h1-2,5-8,10,12H,3-4,9,11H2. The van der Waals surface area contributed by atoms with Gasteiger partial charge in [-0.1, -0.05) is 12.1 Å². The van der Waals surface area contributed by atoms with Crippen LogP contribution in [0.4, 0.5) is 4.39 Å². The summed E-state index contributed by atoms with van der Waals surface area (Å²) in [5.41, 5.74) is 0.774. The number of nitrogens with zero attached hydrogens (tertiary/aromatic N) is 3. The van der Waals surface area contributed by atoms with E-state index in [0.29, 0.717) is 13.1 Å². The maximum Gasteiger partial charge on any atom is 0.246 e. The molecule has 1 unspecified atom stereocenters. The number of aromatic nitrogens is 2. The van der Waals surface area contributed by atoms with E-state index in [1.54, 1.807) is 18.6 Å². The summed E-state index contributed by atoms with van der Waals surface area (Å²) in [6.45, 7) is 0.697. The number of hydrogen-bond donors (Lipinski definition) is 0. The Balaban J connectivity index is 1.87. The molecule has 2 heterocycles. The number of benzene rings is 1. The van der Waals surface area contributed by atoms with Crippen molar-refractivity contribution in [3.8, 4) is 0 Å². The third-order valence-corrected chi connectivity index (χ3v) is 5.74. The second-order valence-corrected chi connectivity index (χ2v) is 7.17. The fourth-order valence-corrected chi connectivity index (χ4v) is 4.31. The highest BCUT2D eigenvalue weighted by atomic mass is 32.2. The van der Waals surface area contributed by atoms with Gasteiger partial charge in [0.15, 0.2) is 0 Å². The molecule has 1 saturated heterocycles. The lowest BCUT2D eigenvalue weighted by Crippen LogP contribution is -2.39. The molecule has 1 aliphatic rings. The largest absolute Gasteiger partial charge is 0.261 e. The van der Waals surface area contributed by atoms with E-state index in [1.165, 1.54) is 22.5 Å². The highest BCUT2D eigenvalue weighted by Crippen LogP contribution is 2.29. The lowest BCUT2D eigenvalue weighted by Gasteiger charge is -2.31. The zero-order chi connectivity index (χ0) is 15.6. The average Bonchev–Trinajstić information content (AvgIpc) is 2.56. The van der Waals surface area contributed by atoms with Crippen LogP contribution in [0.5, 0.6) is 0 Å². The summed E-state index contributed by atoms with van der Waals surface area (Å²) < 4.78 is 40.4. The zero-order valence-corrected chi connectivity index (χ0v) is 12.7. The van der Waals surface area contributed by atoms with Crippen LogP contribution in [0.1, 0.15) is 24.5 Å². The molecular weight excluding hydrogens is 305 g/mol. The molecule has 0 aliphatic carbocycles. The maximum atomic E-state index is 13.8. The molecule has 1 aromatic carbocycles. The molecule has 22 heavy (non-hydrogen) atoms. The van der Waals surface area contributed by atoms with Crippen molar-refractivity contribution >= 4 is 10.0 Å². The van der Waals surface area contributed by atoms with Crippen LogP contribution in [0.3, 0.4) is 0 Å². The minimum atomic E-state index is -3.82. The fraction of sp³-hybridized carbons (Fsp3) is 0.333. The van der Waals surface area contributed by atoms with Crippen LogP contribution in [0.2, 0.25) is 0 Å². The lowest BCUT2D eigenvalue weighted by molar-refractivity contribution is 0.311. The van der Waals surface area contributed by atoms with Crippen LogP contribution in [0, 0.1) is 5.82 Å². The molecule has 1 aliphatic heterocycles. The van der Waals surface area contributed by atoms with Gasteiger partial charge in [-0.25, -0.2) is 12.8 Å². The molecule has 0 spiro atoms. The zero-order valence-electron chi connectivity index (χ0n) is 11.9. The first-order chi connectivity index (χ1) is 10.6. The predicted molar refractivity (Wildman–Crippen MR) is 79.2 cm³/mol. The van der Waals surface area contributed by atoms with Crippen molar-refractivity contribution in [2.45, 2.75) is 23.7 Å². The Kier molecular flexibility index (Phi) is 4.17. The molecule has 1 atom stereocenters. The number of rotatable bonds is 3. The van der Waals surface area contributed by atoms with Crippen molar-refractivity contribution in [3.05, 3.63) is 54.4 Å². The van der Waals surface area contributed by atoms with Crippen LogP contribution in [0.15, 0.2) is 47.8 Å². The Labute approximate surface area is 128 Å². The van der Waals surface area contributed by atoms with E-state index in [-0.39, 0.29) is 10.8 Å². The molecule has 116 valence electrons. The van der Waals surface area contributed by atoms with Crippen LogP contribution < -0.4 is 0 Å². The van der Waals surface area contributed by atoms with Gasteiger partial charge in [-0.2, -0.15) is 4.31 Å². The Morgan fingerprint density at radius 1 is 1.23 bits per heavy atom. The highest BCUT2D eigenvalue weighted by molar-refractivity contribution is 7.89. The van der Waals surface area contributed by atoms with E-state index >= 15 is 0 Å². The summed E-state index contributed by atoms with van der Waals surface area (Å²) >= 11 is 0. The Bertz CT molecular complexity index is 752. The van der Waals surface area contributed by atoms with Gasteiger partial charge in [0, 0.05) is 37.6 Å². The van der Waals surface area contributed by atoms with Crippen molar-refractivity contribution in [3.63, 3.8) is 0 Å². The first kappa shape index (κ1) is 15.1. The molecule has 5 nitrogen and oxygen atoms in total. The van der Waals surface area contributed by atoms with Crippen LogP contribution >= 0.6 is 0 Å². The second kappa shape index (κ2) is 6.10. The summed E-state index contributed by atoms with van der Waals surface area (Å²) in [6.07, 6.45) is 6.40. The molecule has 3 rings (SSSR count). The molecule has 0 amide bonds. The average molecular weight is 321 g/mol. The Hall–Kier alpha value is -1.86. The minimum absolute atomic E-state index is 0.0102. The molecule has 0 radical (unpaired) electrons. The molecular formula is C15H16FN3O2S. The number of halogens is 1. The van der Waals surface area contributed by atoms with Crippen molar-refractivity contribution in [1.82, 2.24) is 14.3 Å². The van der Waals surface area contributed by atoms with Gasteiger partial charge in [0.05, 0.1) is 5.69 Å². The van der Waals surface area contributed by atoms with E-state index in [1.807, 2.05) is 0 Å². The fourth-order valence-electron chi connectivity index (χ4n) is 2.72. The monoisotopic (exact) mass is 321 g/mol. The van der Waals surface area contributed by atoms with Gasteiger partial charge in [0.25, 0.3) is 0 Å². The Morgan fingerprint density at radius 3 is 2.77 bits per heavy atom. The first-order valence-corrected chi connectivity index (χ1v) is 8.53. The van der Waals surface area contributed by atoms with E-state index in [0.717, 1.165) is 24.6 Å². The second-order valence-electron chi connectivity index (χ2n) is 5.26. The third kappa shape index (κ3) is 2.86. The molecule has 0 N–H and O–H groups in total. The molecule has 2 aromatic rings. The molecule has 1 fully saturated rings. The quantitative estimate of drug-likeness (QED) is 0.869. The summed E-state index contributed by atoms with van der Waals surface area (Å²) in [7, 11) is -3.82. The summed E-state index contributed by atoms with van der Waals surface area (Å²) in [5, 5.41) is 0. The SMILES string of the molecule is O=S(=O)(c1ccccc1F)N1CCCC(c2cnccn2)C1. The van der Waals surface area contributed by atoms with Crippen molar-refractivity contribution in [2.75, 3.05) is 13.1 Å². The van der Waals surface area contributed by atoms with Gasteiger partial charge in [-0.3, -0.25) is 9.97 Å². The normalized spacial score (nSPS) is 20.0. The van der Waals surface area contributed by atoms with E-state index in [9.17, 15) is 12.8 Å². The van der Waals surface area contributed by atoms with Crippen molar-refractivity contribution in [1.29, 1.82) is 0 Å².